The fraction of sp³-hybridized carbons (Fsp3) is 0.438. The number of carbonyl (C=O) groups is 1. The minimum atomic E-state index is -0.261. The summed E-state index contributed by atoms with van der Waals surface area (Å²) in [4.78, 5) is 12.3. The van der Waals surface area contributed by atoms with Crippen LogP contribution in [0.3, 0.4) is 0 Å². The molecule has 106 valence electrons. The molecule has 1 aliphatic rings. The molecule has 2 unspecified atom stereocenters. The first-order chi connectivity index (χ1) is 9.66. The Morgan fingerprint density at radius 3 is 2.95 bits per heavy atom. The van der Waals surface area contributed by atoms with Crippen molar-refractivity contribution in [3.63, 3.8) is 0 Å². The van der Waals surface area contributed by atoms with Crippen molar-refractivity contribution >= 4 is 16.8 Å². The van der Waals surface area contributed by atoms with Crippen molar-refractivity contribution in [2.24, 2.45) is 13.0 Å². The number of nitrogens with zero attached hydrogens (tertiary/aromatic N) is 1. The molecule has 1 fully saturated rings. The van der Waals surface area contributed by atoms with Crippen molar-refractivity contribution in [2.75, 3.05) is 6.54 Å². The highest BCUT2D eigenvalue weighted by Gasteiger charge is 2.25. The number of hydrogen-bond acceptors (Lipinski definition) is 2. The van der Waals surface area contributed by atoms with Crippen LogP contribution in [0.5, 0.6) is 0 Å². The van der Waals surface area contributed by atoms with Crippen LogP contribution in [-0.2, 0) is 7.05 Å². The SMILES string of the molecule is Cn1cc(C(=O)NCC2CCCC2O)c2ccccc21. The number of carbonyl (C=O) groups excluding carboxylic acids is 1. The molecule has 2 atom stereocenters. The third-order valence-corrected chi connectivity index (χ3v) is 4.29. The zero-order valence-corrected chi connectivity index (χ0v) is 11.7. The largest absolute Gasteiger partial charge is 0.393 e. The molecular weight excluding hydrogens is 252 g/mol. The highest BCUT2D eigenvalue weighted by atomic mass is 16.3. The van der Waals surface area contributed by atoms with Crippen LogP contribution in [0.25, 0.3) is 10.9 Å². The average molecular weight is 272 g/mol. The van der Waals surface area contributed by atoms with E-state index in [1.165, 1.54) is 0 Å². The molecule has 2 N–H and O–H groups in total. The van der Waals surface area contributed by atoms with Gasteiger partial charge in [-0.2, -0.15) is 0 Å². The van der Waals surface area contributed by atoms with Crippen LogP contribution in [0.1, 0.15) is 29.6 Å². The van der Waals surface area contributed by atoms with Gasteiger partial charge in [0.25, 0.3) is 5.91 Å². The topological polar surface area (TPSA) is 54.3 Å². The van der Waals surface area contributed by atoms with Crippen LogP contribution in [0, 0.1) is 5.92 Å². The van der Waals surface area contributed by atoms with Crippen molar-refractivity contribution < 1.29 is 9.90 Å². The summed E-state index contributed by atoms with van der Waals surface area (Å²) in [6.07, 6.45) is 4.51. The van der Waals surface area contributed by atoms with Gasteiger partial charge >= 0.3 is 0 Å². The number of benzene rings is 1. The molecule has 1 aromatic heterocycles. The summed E-state index contributed by atoms with van der Waals surface area (Å²) in [6.45, 7) is 0.559. The molecule has 1 amide bonds. The molecule has 4 nitrogen and oxygen atoms in total. The summed E-state index contributed by atoms with van der Waals surface area (Å²) in [5.74, 6) is 0.148. The second-order valence-electron chi connectivity index (χ2n) is 5.64. The quantitative estimate of drug-likeness (QED) is 0.898. The second kappa shape index (κ2) is 5.29. The van der Waals surface area contributed by atoms with E-state index in [1.54, 1.807) is 0 Å². The number of aryl methyl sites for hydroxylation is 1. The lowest BCUT2D eigenvalue weighted by Crippen LogP contribution is -2.32. The standard InChI is InChI=1S/C16H20N2O2/c1-18-10-13(12-6-2-3-7-14(12)18)16(20)17-9-11-5-4-8-15(11)19/h2-3,6-7,10-11,15,19H,4-5,8-9H2,1H3,(H,17,20). The first-order valence-electron chi connectivity index (χ1n) is 7.17. The number of rotatable bonds is 3. The minimum Gasteiger partial charge on any atom is -0.393 e. The Balaban J connectivity index is 1.76. The number of fused-ring (bicyclic) bond motifs is 1. The highest BCUT2D eigenvalue weighted by molar-refractivity contribution is 6.06. The predicted octanol–water partition coefficient (Wildman–Crippen LogP) is 2.07. The smallest absolute Gasteiger partial charge is 0.253 e. The van der Waals surface area contributed by atoms with E-state index in [0.717, 1.165) is 30.2 Å². The lowest BCUT2D eigenvalue weighted by atomic mass is 10.1. The molecule has 0 aliphatic heterocycles. The van der Waals surface area contributed by atoms with Gasteiger partial charge in [-0.15, -0.1) is 0 Å². The monoisotopic (exact) mass is 272 g/mol. The fourth-order valence-electron chi connectivity index (χ4n) is 3.10. The molecule has 3 rings (SSSR count). The second-order valence-corrected chi connectivity index (χ2v) is 5.64. The van der Waals surface area contributed by atoms with E-state index < -0.39 is 0 Å². The van der Waals surface area contributed by atoms with Crippen LogP contribution in [-0.4, -0.2) is 28.2 Å². The molecule has 2 aromatic rings. The summed E-state index contributed by atoms with van der Waals surface area (Å²) >= 11 is 0. The molecule has 1 saturated carbocycles. The Hall–Kier alpha value is -1.81. The fourth-order valence-corrected chi connectivity index (χ4v) is 3.10. The molecule has 0 radical (unpaired) electrons. The Kier molecular flexibility index (Phi) is 3.49. The summed E-state index contributed by atoms with van der Waals surface area (Å²) in [6, 6.07) is 7.89. The Labute approximate surface area is 118 Å². The van der Waals surface area contributed by atoms with Gasteiger partial charge < -0.3 is 15.0 Å². The predicted molar refractivity (Wildman–Crippen MR) is 78.6 cm³/mol. The van der Waals surface area contributed by atoms with Gasteiger partial charge in [-0.05, 0) is 18.9 Å². The van der Waals surface area contributed by atoms with Crippen molar-refractivity contribution in [1.82, 2.24) is 9.88 Å². The molecule has 0 bridgehead atoms. The van der Waals surface area contributed by atoms with Gasteiger partial charge in [-0.3, -0.25) is 4.79 Å². The van der Waals surface area contributed by atoms with Crippen molar-refractivity contribution in [2.45, 2.75) is 25.4 Å². The molecule has 1 heterocycles. The molecular formula is C16H20N2O2. The number of para-hydroxylation sites is 1. The maximum Gasteiger partial charge on any atom is 0.253 e. The number of nitrogens with one attached hydrogen (secondary N) is 1. The van der Waals surface area contributed by atoms with Gasteiger partial charge in [-0.25, -0.2) is 0 Å². The normalized spacial score (nSPS) is 22.3. The number of aliphatic hydroxyl groups is 1. The van der Waals surface area contributed by atoms with Gasteiger partial charge in [0.05, 0.1) is 11.7 Å². The summed E-state index contributed by atoms with van der Waals surface area (Å²) in [7, 11) is 1.94. The molecule has 1 aromatic carbocycles. The van der Waals surface area contributed by atoms with Gasteiger partial charge in [0.1, 0.15) is 0 Å². The minimum absolute atomic E-state index is 0.0547. The lowest BCUT2D eigenvalue weighted by Gasteiger charge is -2.14. The maximum atomic E-state index is 12.3. The number of hydrogen-bond donors (Lipinski definition) is 2. The number of aliphatic hydroxyl groups excluding tert-OH is 1. The number of amides is 1. The van der Waals surface area contributed by atoms with Gasteiger partial charge in [0, 0.05) is 36.6 Å². The van der Waals surface area contributed by atoms with E-state index in [0.29, 0.717) is 12.1 Å². The molecule has 0 saturated heterocycles. The van der Waals surface area contributed by atoms with Crippen LogP contribution in [0.15, 0.2) is 30.5 Å². The number of aromatic nitrogens is 1. The van der Waals surface area contributed by atoms with Crippen LogP contribution in [0.2, 0.25) is 0 Å². The van der Waals surface area contributed by atoms with E-state index in [9.17, 15) is 9.90 Å². The summed E-state index contributed by atoms with van der Waals surface area (Å²) in [5.41, 5.74) is 1.76. The van der Waals surface area contributed by atoms with Crippen molar-refractivity contribution in [3.8, 4) is 0 Å². The van der Waals surface area contributed by atoms with E-state index in [-0.39, 0.29) is 17.9 Å². The molecule has 1 aliphatic carbocycles. The van der Waals surface area contributed by atoms with Gasteiger partial charge in [0.2, 0.25) is 0 Å². The van der Waals surface area contributed by atoms with Crippen LogP contribution >= 0.6 is 0 Å². The maximum absolute atomic E-state index is 12.3. The third-order valence-electron chi connectivity index (χ3n) is 4.29. The first-order valence-corrected chi connectivity index (χ1v) is 7.17. The van der Waals surface area contributed by atoms with E-state index in [1.807, 2.05) is 42.1 Å². The average Bonchev–Trinajstić information content (AvgIpc) is 3.01. The van der Waals surface area contributed by atoms with Crippen LogP contribution < -0.4 is 5.32 Å². The summed E-state index contributed by atoms with van der Waals surface area (Å²) < 4.78 is 1.97. The van der Waals surface area contributed by atoms with E-state index >= 15 is 0 Å². The summed E-state index contributed by atoms with van der Waals surface area (Å²) in [5, 5.41) is 13.7. The Bertz CT molecular complexity index is 632. The van der Waals surface area contributed by atoms with E-state index in [2.05, 4.69) is 5.32 Å². The third kappa shape index (κ3) is 2.31. The highest BCUT2D eigenvalue weighted by Crippen LogP contribution is 2.25. The first kappa shape index (κ1) is 13.2. The Morgan fingerprint density at radius 2 is 2.20 bits per heavy atom. The Morgan fingerprint density at radius 1 is 1.40 bits per heavy atom. The molecule has 0 spiro atoms. The van der Waals surface area contributed by atoms with Crippen LogP contribution in [0.4, 0.5) is 0 Å². The van der Waals surface area contributed by atoms with Crippen molar-refractivity contribution in [1.29, 1.82) is 0 Å². The zero-order valence-electron chi connectivity index (χ0n) is 11.7. The van der Waals surface area contributed by atoms with Gasteiger partial charge in [0.15, 0.2) is 0 Å². The van der Waals surface area contributed by atoms with Crippen molar-refractivity contribution in [3.05, 3.63) is 36.0 Å². The van der Waals surface area contributed by atoms with Gasteiger partial charge in [-0.1, -0.05) is 24.6 Å². The molecule has 4 heteroatoms. The molecule has 20 heavy (non-hydrogen) atoms. The zero-order chi connectivity index (χ0) is 14.1. The van der Waals surface area contributed by atoms with E-state index in [4.69, 9.17) is 0 Å². The lowest BCUT2D eigenvalue weighted by molar-refractivity contribution is 0.0918.